The van der Waals surface area contributed by atoms with Crippen LogP contribution in [0.3, 0.4) is 0 Å². The zero-order chi connectivity index (χ0) is 13.7. The van der Waals surface area contributed by atoms with E-state index < -0.39 is 0 Å². The lowest BCUT2D eigenvalue weighted by atomic mass is 10.0. The minimum Gasteiger partial charge on any atom is -0.355 e. The number of hydrogen-bond acceptors (Lipinski definition) is 3. The Morgan fingerprint density at radius 1 is 1.55 bits per heavy atom. The molecular weight excluding hydrogens is 297 g/mol. The monoisotopic (exact) mass is 317 g/mol. The highest BCUT2D eigenvalue weighted by Gasteiger charge is 2.25. The molecule has 1 aromatic carbocycles. The fraction of sp³-hybridized carbons (Fsp3) is 0.500. The maximum absolute atomic E-state index is 11.8. The average molecular weight is 318 g/mol. The molecule has 1 saturated heterocycles. The molecule has 1 aromatic rings. The first-order valence-corrected chi connectivity index (χ1v) is 7.05. The maximum Gasteiger partial charge on any atom is 0.234 e. The summed E-state index contributed by atoms with van der Waals surface area (Å²) < 4.78 is 0. The van der Waals surface area contributed by atoms with E-state index >= 15 is 0 Å². The third-order valence-electron chi connectivity index (χ3n) is 3.31. The molecule has 4 nitrogen and oxygen atoms in total. The standard InChI is InChI=1S/C14H20ClN3O.ClH/c1-2-17-14(19)10-18-7-6-16-9-13(18)11-4-3-5-12(15)8-11;/h3-5,8,13,16H,2,6-7,9-10H2,1H3,(H,17,19);1H. The topological polar surface area (TPSA) is 44.4 Å². The lowest BCUT2D eigenvalue weighted by molar-refractivity contribution is -0.122. The second-order valence-electron chi connectivity index (χ2n) is 4.70. The highest BCUT2D eigenvalue weighted by atomic mass is 35.5. The summed E-state index contributed by atoms with van der Waals surface area (Å²) >= 11 is 6.05. The van der Waals surface area contributed by atoms with Crippen LogP contribution in [-0.4, -0.2) is 43.5 Å². The number of hydrogen-bond donors (Lipinski definition) is 2. The number of carbonyl (C=O) groups is 1. The molecule has 0 radical (unpaired) electrons. The molecular formula is C14H21Cl2N3O. The second kappa shape index (κ2) is 8.47. The molecule has 2 N–H and O–H groups in total. The SMILES string of the molecule is CCNC(=O)CN1CCNCC1c1cccc(Cl)c1.Cl. The van der Waals surface area contributed by atoms with Crippen molar-refractivity contribution >= 4 is 29.9 Å². The number of likely N-dealkylation sites (N-methyl/N-ethyl adjacent to an activating group) is 1. The summed E-state index contributed by atoms with van der Waals surface area (Å²) in [5.74, 6) is 0.0800. The van der Waals surface area contributed by atoms with Gasteiger partial charge in [-0.3, -0.25) is 9.69 Å². The van der Waals surface area contributed by atoms with E-state index in [1.54, 1.807) is 0 Å². The van der Waals surface area contributed by atoms with Gasteiger partial charge >= 0.3 is 0 Å². The number of amides is 1. The Hall–Kier alpha value is -0.810. The van der Waals surface area contributed by atoms with E-state index in [2.05, 4.69) is 21.6 Å². The van der Waals surface area contributed by atoms with Gasteiger partial charge < -0.3 is 10.6 Å². The Labute approximate surface area is 131 Å². The Morgan fingerprint density at radius 3 is 3.05 bits per heavy atom. The number of nitrogens with zero attached hydrogens (tertiary/aromatic N) is 1. The van der Waals surface area contributed by atoms with Gasteiger partial charge in [0, 0.05) is 37.2 Å². The van der Waals surface area contributed by atoms with Crippen molar-refractivity contribution in [3.05, 3.63) is 34.9 Å². The van der Waals surface area contributed by atoms with Crippen LogP contribution in [0.15, 0.2) is 24.3 Å². The van der Waals surface area contributed by atoms with Gasteiger partial charge in [-0.05, 0) is 24.6 Å². The van der Waals surface area contributed by atoms with E-state index in [0.717, 1.165) is 30.2 Å². The minimum absolute atomic E-state index is 0. The van der Waals surface area contributed by atoms with Gasteiger partial charge in [0.1, 0.15) is 0 Å². The largest absolute Gasteiger partial charge is 0.355 e. The Kier molecular flexibility index (Phi) is 7.30. The summed E-state index contributed by atoms with van der Waals surface area (Å²) in [6.45, 7) is 5.67. The number of nitrogens with one attached hydrogen (secondary N) is 2. The summed E-state index contributed by atoms with van der Waals surface area (Å²) in [5.41, 5.74) is 1.16. The summed E-state index contributed by atoms with van der Waals surface area (Å²) in [6.07, 6.45) is 0. The molecule has 1 atom stereocenters. The first-order valence-electron chi connectivity index (χ1n) is 6.67. The summed E-state index contributed by atoms with van der Waals surface area (Å²) in [5, 5.41) is 6.96. The summed E-state index contributed by atoms with van der Waals surface area (Å²) in [6, 6.07) is 8.07. The van der Waals surface area contributed by atoms with Crippen LogP contribution in [-0.2, 0) is 4.79 Å². The van der Waals surface area contributed by atoms with E-state index in [-0.39, 0.29) is 24.4 Å². The molecule has 0 bridgehead atoms. The van der Waals surface area contributed by atoms with Crippen LogP contribution in [0.1, 0.15) is 18.5 Å². The van der Waals surface area contributed by atoms with E-state index in [0.29, 0.717) is 13.1 Å². The molecule has 0 spiro atoms. The van der Waals surface area contributed by atoms with E-state index in [1.807, 2.05) is 25.1 Å². The van der Waals surface area contributed by atoms with Gasteiger partial charge in [0.05, 0.1) is 6.54 Å². The van der Waals surface area contributed by atoms with Crippen LogP contribution in [0.2, 0.25) is 5.02 Å². The smallest absolute Gasteiger partial charge is 0.234 e. The molecule has 1 aliphatic rings. The van der Waals surface area contributed by atoms with Crippen molar-refractivity contribution in [3.8, 4) is 0 Å². The molecule has 0 aromatic heterocycles. The number of halogens is 2. The van der Waals surface area contributed by atoms with Gasteiger partial charge in [-0.25, -0.2) is 0 Å². The first-order chi connectivity index (χ1) is 9.20. The van der Waals surface area contributed by atoms with Crippen LogP contribution in [0, 0.1) is 0 Å². The second-order valence-corrected chi connectivity index (χ2v) is 5.14. The van der Waals surface area contributed by atoms with Crippen molar-refractivity contribution < 1.29 is 4.79 Å². The number of carbonyl (C=O) groups excluding carboxylic acids is 1. The molecule has 1 aliphatic heterocycles. The van der Waals surface area contributed by atoms with Crippen LogP contribution in [0.5, 0.6) is 0 Å². The molecule has 112 valence electrons. The van der Waals surface area contributed by atoms with Gasteiger partial charge in [0.15, 0.2) is 0 Å². The fourth-order valence-electron chi connectivity index (χ4n) is 2.42. The van der Waals surface area contributed by atoms with Gasteiger partial charge in [0.2, 0.25) is 5.91 Å². The van der Waals surface area contributed by atoms with Crippen LogP contribution < -0.4 is 10.6 Å². The van der Waals surface area contributed by atoms with Crippen molar-refractivity contribution in [2.75, 3.05) is 32.7 Å². The predicted molar refractivity (Wildman–Crippen MR) is 84.6 cm³/mol. The van der Waals surface area contributed by atoms with E-state index in [9.17, 15) is 4.79 Å². The normalized spacial score (nSPS) is 19.2. The molecule has 1 heterocycles. The fourth-order valence-corrected chi connectivity index (χ4v) is 2.61. The van der Waals surface area contributed by atoms with Crippen molar-refractivity contribution in [2.45, 2.75) is 13.0 Å². The molecule has 0 aliphatic carbocycles. The first kappa shape index (κ1) is 17.2. The lowest BCUT2D eigenvalue weighted by Gasteiger charge is -2.36. The molecule has 1 unspecified atom stereocenters. The summed E-state index contributed by atoms with van der Waals surface area (Å²) in [4.78, 5) is 14.0. The van der Waals surface area contributed by atoms with Crippen molar-refractivity contribution in [1.29, 1.82) is 0 Å². The highest BCUT2D eigenvalue weighted by molar-refractivity contribution is 6.30. The van der Waals surface area contributed by atoms with Gasteiger partial charge in [-0.15, -0.1) is 12.4 Å². The molecule has 2 rings (SSSR count). The van der Waals surface area contributed by atoms with Gasteiger partial charge in [-0.1, -0.05) is 23.7 Å². The van der Waals surface area contributed by atoms with Gasteiger partial charge in [0.25, 0.3) is 0 Å². The van der Waals surface area contributed by atoms with Gasteiger partial charge in [-0.2, -0.15) is 0 Å². The third kappa shape index (κ3) is 4.63. The predicted octanol–water partition coefficient (Wildman–Crippen LogP) is 1.84. The quantitative estimate of drug-likeness (QED) is 0.890. The molecule has 0 saturated carbocycles. The Morgan fingerprint density at radius 2 is 2.35 bits per heavy atom. The maximum atomic E-state index is 11.8. The Bertz CT molecular complexity index is 442. The zero-order valence-corrected chi connectivity index (χ0v) is 13.1. The molecule has 6 heteroatoms. The number of benzene rings is 1. The highest BCUT2D eigenvalue weighted by Crippen LogP contribution is 2.24. The van der Waals surface area contributed by atoms with E-state index in [4.69, 9.17) is 11.6 Å². The third-order valence-corrected chi connectivity index (χ3v) is 3.54. The van der Waals surface area contributed by atoms with Crippen molar-refractivity contribution in [3.63, 3.8) is 0 Å². The van der Waals surface area contributed by atoms with Crippen LogP contribution in [0.25, 0.3) is 0 Å². The van der Waals surface area contributed by atoms with Crippen LogP contribution in [0.4, 0.5) is 0 Å². The number of piperazine rings is 1. The van der Waals surface area contributed by atoms with E-state index in [1.165, 1.54) is 0 Å². The molecule has 20 heavy (non-hydrogen) atoms. The Balaban J connectivity index is 0.00000200. The lowest BCUT2D eigenvalue weighted by Crippen LogP contribution is -2.49. The van der Waals surface area contributed by atoms with Crippen molar-refractivity contribution in [1.82, 2.24) is 15.5 Å². The van der Waals surface area contributed by atoms with Crippen LogP contribution >= 0.6 is 24.0 Å². The zero-order valence-electron chi connectivity index (χ0n) is 11.6. The van der Waals surface area contributed by atoms with Crippen molar-refractivity contribution in [2.24, 2.45) is 0 Å². The molecule has 1 fully saturated rings. The minimum atomic E-state index is 0. The molecule has 1 amide bonds. The number of rotatable bonds is 4. The average Bonchev–Trinajstić information content (AvgIpc) is 2.39. The summed E-state index contributed by atoms with van der Waals surface area (Å²) in [7, 11) is 0.